The van der Waals surface area contributed by atoms with Gasteiger partial charge >= 0.3 is 0 Å². The highest BCUT2D eigenvalue weighted by Crippen LogP contribution is 2.28. The number of anilines is 1. The maximum atomic E-state index is 14.1. The number of halogens is 1. The molecule has 0 radical (unpaired) electrons. The summed E-state index contributed by atoms with van der Waals surface area (Å²) in [5.74, 6) is -0.188. The van der Waals surface area contributed by atoms with Crippen molar-refractivity contribution in [2.24, 2.45) is 5.73 Å². The van der Waals surface area contributed by atoms with Crippen LogP contribution < -0.4 is 10.6 Å². The lowest BCUT2D eigenvalue weighted by Crippen LogP contribution is -2.30. The number of para-hydroxylation sites is 1. The van der Waals surface area contributed by atoms with Gasteiger partial charge in [0, 0.05) is 6.54 Å². The van der Waals surface area contributed by atoms with Gasteiger partial charge in [-0.1, -0.05) is 42.5 Å². The first-order valence-electron chi connectivity index (χ1n) is 7.00. The molecule has 0 spiro atoms. The number of rotatable bonds is 6. The van der Waals surface area contributed by atoms with Gasteiger partial charge in [0.25, 0.3) is 0 Å². The van der Waals surface area contributed by atoms with E-state index in [1.54, 1.807) is 6.07 Å². The minimum Gasteiger partial charge on any atom is -0.362 e. The molecular formula is C17H21FN2. The van der Waals surface area contributed by atoms with Crippen molar-refractivity contribution in [1.29, 1.82) is 0 Å². The van der Waals surface area contributed by atoms with E-state index in [1.807, 2.05) is 30.3 Å². The van der Waals surface area contributed by atoms with Crippen LogP contribution in [0.25, 0.3) is 0 Å². The van der Waals surface area contributed by atoms with E-state index in [0.29, 0.717) is 12.2 Å². The SMILES string of the molecule is CC(c1ccccc1)N(CCCN)c1ccccc1F. The summed E-state index contributed by atoms with van der Waals surface area (Å²) < 4.78 is 14.1. The molecule has 0 aliphatic carbocycles. The maximum absolute atomic E-state index is 14.1. The minimum atomic E-state index is -0.188. The molecule has 1 unspecified atom stereocenters. The number of hydrogen-bond acceptors (Lipinski definition) is 2. The Hall–Kier alpha value is -1.87. The van der Waals surface area contributed by atoms with Crippen LogP contribution in [-0.2, 0) is 0 Å². The van der Waals surface area contributed by atoms with Crippen LogP contribution in [0.1, 0.15) is 24.9 Å². The molecule has 0 saturated heterocycles. The second-order valence-electron chi connectivity index (χ2n) is 4.87. The van der Waals surface area contributed by atoms with Crippen LogP contribution in [0.2, 0.25) is 0 Å². The molecule has 0 amide bonds. The first kappa shape index (κ1) is 14.5. The summed E-state index contributed by atoms with van der Waals surface area (Å²) in [7, 11) is 0. The van der Waals surface area contributed by atoms with Crippen LogP contribution in [0.15, 0.2) is 54.6 Å². The average Bonchev–Trinajstić information content (AvgIpc) is 2.50. The first-order valence-corrected chi connectivity index (χ1v) is 7.00. The van der Waals surface area contributed by atoms with Crippen molar-refractivity contribution in [3.8, 4) is 0 Å². The molecule has 0 fully saturated rings. The zero-order valence-corrected chi connectivity index (χ0v) is 11.8. The van der Waals surface area contributed by atoms with Crippen molar-refractivity contribution in [3.05, 3.63) is 66.0 Å². The summed E-state index contributed by atoms with van der Waals surface area (Å²) in [6.45, 7) is 3.44. The number of nitrogens with two attached hydrogens (primary N) is 1. The normalized spacial score (nSPS) is 12.2. The third-order valence-corrected chi connectivity index (χ3v) is 3.51. The summed E-state index contributed by atoms with van der Waals surface area (Å²) in [6.07, 6.45) is 0.839. The summed E-state index contributed by atoms with van der Waals surface area (Å²) in [6, 6.07) is 17.2. The van der Waals surface area contributed by atoms with E-state index in [0.717, 1.165) is 13.0 Å². The van der Waals surface area contributed by atoms with Crippen LogP contribution in [0.5, 0.6) is 0 Å². The van der Waals surface area contributed by atoms with Gasteiger partial charge in [0.2, 0.25) is 0 Å². The zero-order chi connectivity index (χ0) is 14.4. The Morgan fingerprint density at radius 3 is 2.35 bits per heavy atom. The van der Waals surface area contributed by atoms with Crippen molar-refractivity contribution in [2.45, 2.75) is 19.4 Å². The summed E-state index contributed by atoms with van der Waals surface area (Å²) in [5, 5.41) is 0. The van der Waals surface area contributed by atoms with Crippen LogP contribution in [0.3, 0.4) is 0 Å². The highest BCUT2D eigenvalue weighted by atomic mass is 19.1. The number of benzene rings is 2. The van der Waals surface area contributed by atoms with Gasteiger partial charge in [-0.05, 0) is 37.6 Å². The fourth-order valence-corrected chi connectivity index (χ4v) is 2.38. The van der Waals surface area contributed by atoms with E-state index in [1.165, 1.54) is 11.6 Å². The van der Waals surface area contributed by atoms with Crippen molar-refractivity contribution in [3.63, 3.8) is 0 Å². The lowest BCUT2D eigenvalue weighted by Gasteiger charge is -2.32. The lowest BCUT2D eigenvalue weighted by molar-refractivity contribution is 0.589. The molecule has 2 aromatic carbocycles. The van der Waals surface area contributed by atoms with Gasteiger partial charge in [-0.15, -0.1) is 0 Å². The standard InChI is InChI=1S/C17H21FN2/c1-14(15-8-3-2-4-9-15)20(13-7-12-19)17-11-6-5-10-16(17)18/h2-6,8-11,14H,7,12-13,19H2,1H3. The molecule has 2 aromatic rings. The number of nitrogens with zero attached hydrogens (tertiary/aromatic N) is 1. The predicted octanol–water partition coefficient (Wildman–Crippen LogP) is 3.74. The Balaban J connectivity index is 2.30. The molecular weight excluding hydrogens is 251 g/mol. The predicted molar refractivity (Wildman–Crippen MR) is 82.3 cm³/mol. The van der Waals surface area contributed by atoms with Gasteiger partial charge < -0.3 is 10.6 Å². The summed E-state index contributed by atoms with van der Waals surface area (Å²) in [4.78, 5) is 2.08. The Kier molecular flexibility index (Phi) is 5.13. The Labute approximate surface area is 120 Å². The topological polar surface area (TPSA) is 29.3 Å². The molecule has 106 valence electrons. The van der Waals surface area contributed by atoms with E-state index < -0.39 is 0 Å². The molecule has 0 aliphatic rings. The van der Waals surface area contributed by atoms with Gasteiger partial charge in [-0.2, -0.15) is 0 Å². The molecule has 1 atom stereocenters. The smallest absolute Gasteiger partial charge is 0.146 e. The average molecular weight is 272 g/mol. The second-order valence-corrected chi connectivity index (χ2v) is 4.87. The van der Waals surface area contributed by atoms with Gasteiger partial charge in [0.1, 0.15) is 5.82 Å². The fraction of sp³-hybridized carbons (Fsp3) is 0.294. The maximum Gasteiger partial charge on any atom is 0.146 e. The Bertz CT molecular complexity index is 528. The van der Waals surface area contributed by atoms with E-state index in [9.17, 15) is 4.39 Å². The van der Waals surface area contributed by atoms with Crippen LogP contribution in [-0.4, -0.2) is 13.1 Å². The Morgan fingerprint density at radius 1 is 1.05 bits per heavy atom. The second kappa shape index (κ2) is 7.06. The van der Waals surface area contributed by atoms with E-state index >= 15 is 0 Å². The molecule has 3 heteroatoms. The molecule has 0 heterocycles. The van der Waals surface area contributed by atoms with Crippen molar-refractivity contribution < 1.29 is 4.39 Å². The summed E-state index contributed by atoms with van der Waals surface area (Å²) >= 11 is 0. The molecule has 0 bridgehead atoms. The van der Waals surface area contributed by atoms with E-state index in [4.69, 9.17) is 5.73 Å². The van der Waals surface area contributed by atoms with E-state index in [-0.39, 0.29) is 11.9 Å². The molecule has 20 heavy (non-hydrogen) atoms. The van der Waals surface area contributed by atoms with Crippen molar-refractivity contribution in [2.75, 3.05) is 18.0 Å². The monoisotopic (exact) mass is 272 g/mol. The van der Waals surface area contributed by atoms with Gasteiger partial charge in [0.15, 0.2) is 0 Å². The zero-order valence-electron chi connectivity index (χ0n) is 11.8. The molecule has 0 saturated carbocycles. The largest absolute Gasteiger partial charge is 0.362 e. The molecule has 2 N–H and O–H groups in total. The Morgan fingerprint density at radius 2 is 1.70 bits per heavy atom. The van der Waals surface area contributed by atoms with Crippen LogP contribution >= 0.6 is 0 Å². The summed E-state index contributed by atoms with van der Waals surface area (Å²) in [5.41, 5.74) is 7.42. The molecule has 2 rings (SSSR count). The fourth-order valence-electron chi connectivity index (χ4n) is 2.38. The molecule has 0 aliphatic heterocycles. The van der Waals surface area contributed by atoms with Crippen LogP contribution in [0, 0.1) is 5.82 Å². The van der Waals surface area contributed by atoms with Crippen LogP contribution in [0.4, 0.5) is 10.1 Å². The highest BCUT2D eigenvalue weighted by Gasteiger charge is 2.18. The minimum absolute atomic E-state index is 0.111. The van der Waals surface area contributed by atoms with Crippen molar-refractivity contribution >= 4 is 5.69 Å². The quantitative estimate of drug-likeness (QED) is 0.868. The highest BCUT2D eigenvalue weighted by molar-refractivity contribution is 5.50. The van der Waals surface area contributed by atoms with E-state index in [2.05, 4.69) is 24.0 Å². The van der Waals surface area contributed by atoms with Gasteiger partial charge in [-0.25, -0.2) is 4.39 Å². The number of hydrogen-bond donors (Lipinski definition) is 1. The van der Waals surface area contributed by atoms with Crippen molar-refractivity contribution in [1.82, 2.24) is 0 Å². The first-order chi connectivity index (χ1) is 9.74. The lowest BCUT2D eigenvalue weighted by atomic mass is 10.1. The third kappa shape index (κ3) is 3.36. The third-order valence-electron chi connectivity index (χ3n) is 3.51. The van der Waals surface area contributed by atoms with Gasteiger partial charge in [-0.3, -0.25) is 0 Å². The molecule has 0 aromatic heterocycles. The molecule has 2 nitrogen and oxygen atoms in total. The van der Waals surface area contributed by atoms with Gasteiger partial charge in [0.05, 0.1) is 11.7 Å².